The van der Waals surface area contributed by atoms with E-state index >= 15 is 0 Å². The quantitative estimate of drug-likeness (QED) is 0.359. The number of phenols is 1. The molecule has 2 N–H and O–H groups in total. The van der Waals surface area contributed by atoms with Gasteiger partial charge < -0.3 is 10.4 Å². The molecule has 2 aromatic carbocycles. The van der Waals surface area contributed by atoms with E-state index < -0.39 is 0 Å². The lowest BCUT2D eigenvalue weighted by molar-refractivity contribution is 0.102. The second-order valence-electron chi connectivity index (χ2n) is 9.28. The summed E-state index contributed by atoms with van der Waals surface area (Å²) in [7, 11) is 0. The summed E-state index contributed by atoms with van der Waals surface area (Å²) in [5.74, 6) is 0.662. The van der Waals surface area contributed by atoms with Gasteiger partial charge in [-0.2, -0.15) is 0 Å². The third-order valence-electron chi connectivity index (χ3n) is 6.03. The van der Waals surface area contributed by atoms with Gasteiger partial charge >= 0.3 is 0 Å². The molecule has 1 atom stereocenters. The molecule has 1 amide bonds. The zero-order valence-corrected chi connectivity index (χ0v) is 20.9. The highest BCUT2D eigenvalue weighted by Gasteiger charge is 2.33. The second kappa shape index (κ2) is 9.20. The molecule has 1 aromatic heterocycles. The molecule has 1 heterocycles. The number of rotatable bonds is 4. The molecule has 0 saturated heterocycles. The van der Waals surface area contributed by atoms with Gasteiger partial charge in [-0.25, -0.2) is 4.99 Å². The van der Waals surface area contributed by atoms with Crippen LogP contribution in [-0.2, 0) is 12.8 Å². The maximum Gasteiger partial charge on any atom is 0.259 e. The van der Waals surface area contributed by atoms with Crippen molar-refractivity contribution in [1.82, 2.24) is 0 Å². The van der Waals surface area contributed by atoms with Crippen LogP contribution in [0.1, 0.15) is 53.6 Å². The Bertz CT molecular complexity index is 1160. The topological polar surface area (TPSA) is 61.7 Å². The summed E-state index contributed by atoms with van der Waals surface area (Å²) in [5, 5.41) is 13.5. The van der Waals surface area contributed by atoms with Crippen LogP contribution in [0.2, 0.25) is 0 Å². The number of carbonyl (C=O) groups excluding carboxylic acids is 1. The monoisotopic (exact) mass is 510 g/mol. The molecule has 4 nitrogen and oxygen atoms in total. The van der Waals surface area contributed by atoms with Gasteiger partial charge in [0, 0.05) is 16.8 Å². The summed E-state index contributed by atoms with van der Waals surface area (Å²) in [5.41, 5.74) is 3.69. The molecule has 6 heteroatoms. The van der Waals surface area contributed by atoms with E-state index in [1.54, 1.807) is 29.7 Å². The number of halogens is 1. The molecule has 0 spiro atoms. The third-order valence-corrected chi connectivity index (χ3v) is 7.83. The second-order valence-corrected chi connectivity index (χ2v) is 11.2. The van der Waals surface area contributed by atoms with Crippen LogP contribution in [0.15, 0.2) is 58.0 Å². The number of aromatic hydroxyl groups is 1. The summed E-state index contributed by atoms with van der Waals surface area (Å²) >= 11 is 4.97. The van der Waals surface area contributed by atoms with E-state index in [9.17, 15) is 9.90 Å². The Balaban J connectivity index is 1.71. The number of phenolic OH excluding ortho intramolecular Hbond substituents is 1. The van der Waals surface area contributed by atoms with E-state index in [0.29, 0.717) is 16.0 Å². The van der Waals surface area contributed by atoms with E-state index in [4.69, 9.17) is 4.99 Å². The Hall–Kier alpha value is -2.44. The Morgan fingerprint density at radius 1 is 1.22 bits per heavy atom. The zero-order valence-electron chi connectivity index (χ0n) is 18.5. The number of para-hydroxylation sites is 1. The minimum atomic E-state index is -0.109. The van der Waals surface area contributed by atoms with Crippen LogP contribution in [0.5, 0.6) is 5.75 Å². The number of thiophene rings is 1. The van der Waals surface area contributed by atoms with E-state index in [0.717, 1.165) is 41.1 Å². The molecule has 1 aliphatic carbocycles. The number of benzene rings is 2. The molecule has 0 fully saturated rings. The fourth-order valence-electron chi connectivity index (χ4n) is 4.09. The molecule has 0 unspecified atom stereocenters. The van der Waals surface area contributed by atoms with Crippen molar-refractivity contribution in [3.8, 4) is 5.75 Å². The standard InChI is InChI=1S/C26H27BrN2O2S/c1-26(2,3)17-10-11-19-22(14-17)32-25(28-15-16-9-12-21(30)20(27)13-16)23(19)24(31)29-18-7-5-4-6-8-18/h4-9,12-13,15,17,30H,10-11,14H2,1-3H3,(H,29,31)/t17-/m0/s1. The van der Waals surface area contributed by atoms with Crippen molar-refractivity contribution in [2.75, 3.05) is 5.32 Å². The minimum absolute atomic E-state index is 0.109. The van der Waals surface area contributed by atoms with Crippen LogP contribution in [0.4, 0.5) is 10.7 Å². The fraction of sp³-hybridized carbons (Fsp3) is 0.308. The van der Waals surface area contributed by atoms with Crippen molar-refractivity contribution in [3.05, 3.63) is 74.6 Å². The predicted molar refractivity (Wildman–Crippen MR) is 137 cm³/mol. The lowest BCUT2D eigenvalue weighted by Gasteiger charge is -2.33. The van der Waals surface area contributed by atoms with Crippen LogP contribution < -0.4 is 5.32 Å². The molecular weight excluding hydrogens is 484 g/mol. The number of carbonyl (C=O) groups is 1. The van der Waals surface area contributed by atoms with Gasteiger partial charge in [0.1, 0.15) is 10.8 Å². The van der Waals surface area contributed by atoms with Crippen LogP contribution in [0.3, 0.4) is 0 Å². The van der Waals surface area contributed by atoms with Crippen molar-refractivity contribution in [3.63, 3.8) is 0 Å². The first-order valence-electron chi connectivity index (χ1n) is 10.8. The van der Waals surface area contributed by atoms with Gasteiger partial charge in [0.25, 0.3) is 5.91 Å². The first-order valence-corrected chi connectivity index (χ1v) is 12.4. The molecule has 0 saturated carbocycles. The summed E-state index contributed by atoms with van der Waals surface area (Å²) in [6, 6.07) is 14.8. The lowest BCUT2D eigenvalue weighted by Crippen LogP contribution is -2.27. The van der Waals surface area contributed by atoms with Crippen molar-refractivity contribution in [2.24, 2.45) is 16.3 Å². The Morgan fingerprint density at radius 2 is 1.97 bits per heavy atom. The normalized spacial score (nSPS) is 16.2. The maximum absolute atomic E-state index is 13.3. The van der Waals surface area contributed by atoms with Gasteiger partial charge in [0.2, 0.25) is 0 Å². The maximum atomic E-state index is 13.3. The summed E-state index contributed by atoms with van der Waals surface area (Å²) in [6.45, 7) is 6.88. The fourth-order valence-corrected chi connectivity index (χ4v) is 5.75. The number of fused-ring (bicyclic) bond motifs is 1. The third kappa shape index (κ3) is 4.97. The molecule has 1 aliphatic rings. The van der Waals surface area contributed by atoms with Gasteiger partial charge in [-0.15, -0.1) is 11.3 Å². The van der Waals surface area contributed by atoms with Gasteiger partial charge in [-0.1, -0.05) is 39.0 Å². The summed E-state index contributed by atoms with van der Waals surface area (Å²) in [6.07, 6.45) is 4.70. The first kappa shape index (κ1) is 22.7. The van der Waals surface area contributed by atoms with Crippen LogP contribution in [0, 0.1) is 11.3 Å². The van der Waals surface area contributed by atoms with Gasteiger partial charge in [-0.3, -0.25) is 4.79 Å². The van der Waals surface area contributed by atoms with E-state index in [2.05, 4.69) is 42.0 Å². The molecule has 166 valence electrons. The van der Waals surface area contributed by atoms with Crippen LogP contribution in [-0.4, -0.2) is 17.2 Å². The van der Waals surface area contributed by atoms with E-state index in [1.807, 2.05) is 36.4 Å². The van der Waals surface area contributed by atoms with Gasteiger partial charge in [0.05, 0.1) is 10.0 Å². The van der Waals surface area contributed by atoms with Crippen LogP contribution >= 0.6 is 27.3 Å². The molecule has 3 aromatic rings. The van der Waals surface area contributed by atoms with Crippen molar-refractivity contribution >= 4 is 50.1 Å². The molecular formula is C26H27BrN2O2S. The number of aliphatic imine (C=N–C) groups is 1. The van der Waals surface area contributed by atoms with Gasteiger partial charge in [0.15, 0.2) is 0 Å². The highest BCUT2D eigenvalue weighted by Crippen LogP contribution is 2.45. The predicted octanol–water partition coefficient (Wildman–Crippen LogP) is 7.37. The molecule has 4 rings (SSSR count). The number of anilines is 1. The number of nitrogens with one attached hydrogen (secondary N) is 1. The van der Waals surface area contributed by atoms with Crippen molar-refractivity contribution < 1.29 is 9.90 Å². The van der Waals surface area contributed by atoms with Gasteiger partial charge in [-0.05, 0) is 88.0 Å². The Labute approximate surface area is 201 Å². The number of amides is 1. The molecule has 32 heavy (non-hydrogen) atoms. The Morgan fingerprint density at radius 3 is 2.66 bits per heavy atom. The first-order chi connectivity index (χ1) is 15.2. The van der Waals surface area contributed by atoms with Crippen molar-refractivity contribution in [1.29, 1.82) is 0 Å². The minimum Gasteiger partial charge on any atom is -0.507 e. The zero-order chi connectivity index (χ0) is 22.9. The average Bonchev–Trinajstić information content (AvgIpc) is 3.12. The molecule has 0 bridgehead atoms. The Kier molecular flexibility index (Phi) is 6.54. The smallest absolute Gasteiger partial charge is 0.259 e. The molecule has 0 radical (unpaired) electrons. The lowest BCUT2D eigenvalue weighted by atomic mass is 9.72. The van der Waals surface area contributed by atoms with Crippen LogP contribution in [0.25, 0.3) is 0 Å². The molecule has 0 aliphatic heterocycles. The SMILES string of the molecule is CC(C)(C)[C@H]1CCc2c(sc(N=Cc3ccc(O)c(Br)c3)c2C(=O)Nc2ccccc2)C1. The number of hydrogen-bond donors (Lipinski definition) is 2. The highest BCUT2D eigenvalue weighted by atomic mass is 79.9. The highest BCUT2D eigenvalue weighted by molar-refractivity contribution is 9.10. The number of nitrogens with zero attached hydrogens (tertiary/aromatic N) is 1. The summed E-state index contributed by atoms with van der Waals surface area (Å²) in [4.78, 5) is 19.3. The van der Waals surface area contributed by atoms with E-state index in [1.165, 1.54) is 4.88 Å². The van der Waals surface area contributed by atoms with E-state index in [-0.39, 0.29) is 17.1 Å². The average molecular weight is 511 g/mol. The van der Waals surface area contributed by atoms with Crippen molar-refractivity contribution in [2.45, 2.75) is 40.0 Å². The largest absolute Gasteiger partial charge is 0.507 e. The number of hydrogen-bond acceptors (Lipinski definition) is 4. The summed E-state index contributed by atoms with van der Waals surface area (Å²) < 4.78 is 0.613.